The smallest absolute Gasteiger partial charge is 0.306 e. The van der Waals surface area contributed by atoms with Crippen molar-refractivity contribution in [1.29, 1.82) is 0 Å². The van der Waals surface area contributed by atoms with Gasteiger partial charge in [-0.15, -0.1) is 70.6 Å². The molecule has 6 aliphatic heterocycles. The largest absolute Gasteiger partial charge is 0.508 e. The number of thioether (sulfide) groups is 6. The first-order valence-corrected chi connectivity index (χ1v) is 41.1. The van der Waals surface area contributed by atoms with Crippen molar-refractivity contribution >= 4 is 165 Å². The number of carboxylic acids is 1. The van der Waals surface area contributed by atoms with Crippen LogP contribution in [0.2, 0.25) is 0 Å². The molecular weight excluding hydrogens is 1470 g/mol. The molecule has 0 fully saturated rings. The van der Waals surface area contributed by atoms with E-state index in [9.17, 15) is 83.4 Å². The van der Waals surface area contributed by atoms with E-state index in [1.54, 1.807) is 26.1 Å². The molecule has 570 valence electrons. The molecule has 0 bridgehead atoms. The van der Waals surface area contributed by atoms with Gasteiger partial charge >= 0.3 is 5.97 Å². The van der Waals surface area contributed by atoms with E-state index in [-0.39, 0.29) is 115 Å². The Morgan fingerprint density at radius 1 is 0.486 bits per heavy atom. The maximum atomic E-state index is 14.9. The number of benzene rings is 2. The molecule has 17 unspecified atom stereocenters. The number of aromatic hydroxyl groups is 1. The Bertz CT molecular complexity index is 3710. The minimum absolute atomic E-state index is 0.0259. The van der Waals surface area contributed by atoms with Crippen LogP contribution in [0.15, 0.2) is 84.6 Å². The number of hydrogen-bond donors (Lipinski definition) is 10. The predicted octanol–water partition coefficient (Wildman–Crippen LogP) is 3.86. The van der Waals surface area contributed by atoms with Crippen LogP contribution in [0.4, 0.5) is 0 Å². The number of nitrogens with two attached hydrogens (primary N) is 1. The van der Waals surface area contributed by atoms with E-state index in [1.165, 1.54) is 89.6 Å². The summed E-state index contributed by atoms with van der Waals surface area (Å²) in [6.45, 7) is 4.66. The highest BCUT2D eigenvalue weighted by molar-refractivity contribution is 8.16. The first-order valence-electron chi connectivity index (χ1n) is 35.2. The molecule has 6 heterocycles. The number of carbonyl (C=O) groups is 11. The van der Waals surface area contributed by atoms with E-state index in [0.29, 0.717) is 65.9 Å². The molecule has 2 aromatic carbocycles. The summed E-state index contributed by atoms with van der Waals surface area (Å²) in [7, 11) is 1.67. The number of likely N-dealkylation sites (N-methyl/N-ethyl adjacent to an activating group) is 1. The van der Waals surface area contributed by atoms with Gasteiger partial charge in [0.2, 0.25) is 17.7 Å². The van der Waals surface area contributed by atoms with Crippen molar-refractivity contribution < 1.29 is 83.4 Å². The summed E-state index contributed by atoms with van der Waals surface area (Å²) in [5.74, 6) is -9.43. The Morgan fingerprint density at radius 3 is 1.47 bits per heavy atom. The summed E-state index contributed by atoms with van der Waals surface area (Å²) in [4.78, 5) is 176. The molecule has 3 amide bonds. The third-order valence-corrected chi connectivity index (χ3v) is 26.5. The lowest BCUT2D eigenvalue weighted by atomic mass is 9.90. The number of hydrogen-bond acceptors (Lipinski definition) is 29. The number of carbonyl (C=O) groups excluding carboxylic acids is 10. The Labute approximate surface area is 635 Å². The zero-order chi connectivity index (χ0) is 76.2. The van der Waals surface area contributed by atoms with Crippen LogP contribution in [0.25, 0.3) is 0 Å². The fourth-order valence-electron chi connectivity index (χ4n) is 12.5. The standard InChI is InChI=1S/C72H94N10O17S6/c1-6-36(2)63(71-81-54(35-105-71)70-80-53(34-104-70)61(94)24-46(28-85)69-79-52(33-103-69)60(93)22-44(26-83)65(97)75-48(29-86)56(89)16-37(3)72(98)99)82-64(96)41(17-40-12-14-47(87)15-13-40)19-57(90)49-30-100-66(76-49)42(18-39-10-8-7-9-11-39)20-58(91)50-31-101-67(77-50)43(25-62(73)95)21-59(92)51-32-102-68(78-51)45(27-84)23-55(88)38(4)74-5/h7-15,36-38,41-46,48-54,63,74,83-87H,6,16-35H2,1-5H3,(H2,73,95)(H,75,97)(H,82,96)(H,98,99). The molecule has 0 saturated carbocycles. The maximum absolute atomic E-state index is 14.9. The minimum atomic E-state index is -1.44. The molecule has 11 N–H and O–H groups in total. The van der Waals surface area contributed by atoms with Gasteiger partial charge in [0.05, 0.1) is 80.6 Å². The first kappa shape index (κ1) is 84.4. The average molecular weight is 1560 g/mol. The molecule has 0 spiro atoms. The quantitative estimate of drug-likeness (QED) is 0.0450. The van der Waals surface area contributed by atoms with E-state index in [2.05, 4.69) is 25.9 Å². The second-order valence-corrected chi connectivity index (χ2v) is 33.5. The summed E-state index contributed by atoms with van der Waals surface area (Å²) in [6, 6.07) is 9.06. The minimum Gasteiger partial charge on any atom is -0.508 e. The molecular formula is C72H94N10O17S6. The second kappa shape index (κ2) is 40.8. The Morgan fingerprint density at radius 2 is 0.952 bits per heavy atom. The first-order chi connectivity index (χ1) is 50.2. The number of aliphatic carboxylic acids is 1. The molecule has 2 aromatic rings. The number of phenols is 1. The van der Waals surface area contributed by atoms with Crippen molar-refractivity contribution in [3.63, 3.8) is 0 Å². The number of rotatable bonds is 45. The molecule has 0 aliphatic carbocycles. The highest BCUT2D eigenvalue weighted by Crippen LogP contribution is 2.37. The Hall–Kier alpha value is -6.27. The lowest BCUT2D eigenvalue weighted by molar-refractivity contribution is -0.143. The summed E-state index contributed by atoms with van der Waals surface area (Å²) >= 11 is 8.07. The van der Waals surface area contributed by atoms with Crippen LogP contribution in [0, 0.1) is 47.3 Å². The van der Waals surface area contributed by atoms with Crippen LogP contribution in [0.5, 0.6) is 5.75 Å². The number of aliphatic hydroxyl groups is 4. The summed E-state index contributed by atoms with van der Waals surface area (Å²) in [5, 5.41) is 71.6. The molecule has 0 radical (unpaired) electrons. The van der Waals surface area contributed by atoms with E-state index in [1.807, 2.05) is 44.2 Å². The molecule has 0 saturated heterocycles. The number of nitrogens with zero attached hydrogens (tertiary/aromatic N) is 6. The van der Waals surface area contributed by atoms with Crippen LogP contribution < -0.4 is 21.7 Å². The van der Waals surface area contributed by atoms with Gasteiger partial charge in [0.1, 0.15) is 53.8 Å². The molecule has 6 aliphatic rings. The summed E-state index contributed by atoms with van der Waals surface area (Å²) in [6.07, 6.45) is -0.220. The molecule has 27 nitrogen and oxygen atoms in total. The van der Waals surface area contributed by atoms with Crippen molar-refractivity contribution in [1.82, 2.24) is 16.0 Å². The van der Waals surface area contributed by atoms with Gasteiger partial charge in [0, 0.05) is 115 Å². The number of Topliss-reactive ketones (excluding diaryl/α,β-unsaturated/α-hetero) is 7. The topological polar surface area (TPSA) is 445 Å². The van der Waals surface area contributed by atoms with Gasteiger partial charge in [-0.1, -0.05) is 69.7 Å². The molecule has 105 heavy (non-hydrogen) atoms. The SMILES string of the molecule is CCC(C)C(NC(=O)C(CC(=O)C1CSC(C(CC(=O)C2CSC(C(CC(N)=O)CC(=O)C3CSC(C(CO)CC(=O)C(C)NC)=N3)=N2)Cc2ccccc2)=N1)Cc1ccc(O)cc1)C1=NC(C2=NC(C(=O)CC(CO)C3=NC(C(=O)CC(CO)C(=O)NC(CO)C(=O)CC(C)C(=O)O)CS3)CS2)CS1. The van der Waals surface area contributed by atoms with Gasteiger partial charge in [0.15, 0.2) is 34.7 Å². The van der Waals surface area contributed by atoms with E-state index < -0.39 is 158 Å². The third-order valence-electron chi connectivity index (χ3n) is 19.4. The fourth-order valence-corrected chi connectivity index (χ4v) is 19.8. The van der Waals surface area contributed by atoms with E-state index in [0.717, 1.165) is 5.56 Å². The molecule has 8 rings (SSSR count). The Kier molecular flexibility index (Phi) is 32.8. The normalized spacial score (nSPS) is 23.1. The zero-order valence-corrected chi connectivity index (χ0v) is 64.1. The average Bonchev–Trinajstić information content (AvgIpc) is 1.69. The number of aliphatic hydroxyl groups excluding tert-OH is 4. The number of nitrogens with one attached hydrogen (secondary N) is 3. The monoisotopic (exact) mass is 1560 g/mol. The molecule has 17 atom stereocenters. The number of aliphatic imine (C=N–C) groups is 6. The third kappa shape index (κ3) is 23.9. The second-order valence-electron chi connectivity index (χ2n) is 27.3. The summed E-state index contributed by atoms with van der Waals surface area (Å²) in [5.41, 5.74) is 7.38. The Balaban J connectivity index is 0.900. The number of phenolic OH excluding ortho intramolecular Hbond substituents is 1. The van der Waals surface area contributed by atoms with Crippen molar-refractivity contribution in [3.05, 3.63) is 65.7 Å². The lowest BCUT2D eigenvalue weighted by Crippen LogP contribution is -2.47. The zero-order valence-electron chi connectivity index (χ0n) is 59.2. The lowest BCUT2D eigenvalue weighted by Gasteiger charge is -2.27. The molecule has 0 aromatic heterocycles. The fraction of sp³-hybridized carbons (Fsp3) is 0.597. The maximum Gasteiger partial charge on any atom is 0.306 e. The van der Waals surface area contributed by atoms with Gasteiger partial charge in [-0.25, -0.2) is 0 Å². The summed E-state index contributed by atoms with van der Waals surface area (Å²) < 4.78 is 0. The number of primary amides is 1. The number of carboxylic acid groups (broad SMARTS) is 1. The molecule has 33 heteroatoms. The number of ketones is 7. The van der Waals surface area contributed by atoms with Crippen molar-refractivity contribution in [2.45, 2.75) is 153 Å². The van der Waals surface area contributed by atoms with Crippen molar-refractivity contribution in [2.75, 3.05) is 68.0 Å². The van der Waals surface area contributed by atoms with Crippen LogP contribution in [0.1, 0.15) is 96.6 Å². The predicted molar refractivity (Wildman–Crippen MR) is 413 cm³/mol. The van der Waals surface area contributed by atoms with Gasteiger partial charge < -0.3 is 52.3 Å². The van der Waals surface area contributed by atoms with Crippen LogP contribution >= 0.6 is 70.6 Å². The van der Waals surface area contributed by atoms with Crippen LogP contribution in [-0.4, -0.2) is 247 Å². The number of amides is 3. The van der Waals surface area contributed by atoms with E-state index >= 15 is 0 Å². The highest BCUT2D eigenvalue weighted by atomic mass is 32.2. The van der Waals surface area contributed by atoms with Gasteiger partial charge in [-0.2, -0.15) is 0 Å². The van der Waals surface area contributed by atoms with E-state index in [4.69, 9.17) is 25.7 Å². The van der Waals surface area contributed by atoms with Gasteiger partial charge in [-0.3, -0.25) is 82.7 Å². The van der Waals surface area contributed by atoms with Gasteiger partial charge in [-0.05, 0) is 56.0 Å². The van der Waals surface area contributed by atoms with Crippen LogP contribution in [-0.2, 0) is 65.6 Å². The highest BCUT2D eigenvalue weighted by Gasteiger charge is 2.42. The van der Waals surface area contributed by atoms with Crippen molar-refractivity contribution in [2.24, 2.45) is 83.0 Å². The van der Waals surface area contributed by atoms with Crippen molar-refractivity contribution in [3.8, 4) is 5.75 Å². The van der Waals surface area contributed by atoms with Crippen LogP contribution in [0.3, 0.4) is 0 Å². The van der Waals surface area contributed by atoms with Gasteiger partial charge in [0.25, 0.3) is 0 Å².